The molecular weight excluding hydrogens is 328 g/mol. The fourth-order valence-corrected chi connectivity index (χ4v) is 2.50. The molecule has 8 heteroatoms. The molecule has 0 aliphatic heterocycles. The summed E-state index contributed by atoms with van der Waals surface area (Å²) >= 11 is 6.18. The zero-order valence-corrected chi connectivity index (χ0v) is 14.7. The van der Waals surface area contributed by atoms with E-state index in [1.807, 2.05) is 24.1 Å². The van der Waals surface area contributed by atoms with Crippen LogP contribution in [0.1, 0.15) is 29.9 Å². The highest BCUT2D eigenvalue weighted by Gasteiger charge is 2.19. The van der Waals surface area contributed by atoms with Gasteiger partial charge >= 0.3 is 0 Å². The van der Waals surface area contributed by atoms with Crippen molar-refractivity contribution in [3.05, 3.63) is 40.9 Å². The summed E-state index contributed by atoms with van der Waals surface area (Å²) in [6.45, 7) is 5.26. The third-order valence-corrected chi connectivity index (χ3v) is 3.54. The molecule has 128 valence electrons. The first kappa shape index (κ1) is 17.9. The molecule has 0 saturated heterocycles. The Labute approximate surface area is 146 Å². The fraction of sp³-hybridized carbons (Fsp3) is 0.375. The van der Waals surface area contributed by atoms with Gasteiger partial charge in [0.2, 0.25) is 0 Å². The van der Waals surface area contributed by atoms with Crippen LogP contribution in [0, 0.1) is 5.92 Å². The molecule has 3 N–H and O–H groups in total. The molecule has 2 rings (SSSR count). The second-order valence-electron chi connectivity index (χ2n) is 5.88. The maximum atomic E-state index is 12.3. The van der Waals surface area contributed by atoms with Gasteiger partial charge < -0.3 is 16.0 Å². The number of nitrogens with two attached hydrogens (primary N) is 1. The lowest BCUT2D eigenvalue weighted by Crippen LogP contribution is -2.28. The van der Waals surface area contributed by atoms with Crippen molar-refractivity contribution in [2.75, 3.05) is 24.2 Å². The van der Waals surface area contributed by atoms with E-state index >= 15 is 0 Å². The summed E-state index contributed by atoms with van der Waals surface area (Å²) < 4.78 is 0. The van der Waals surface area contributed by atoms with Gasteiger partial charge in [-0.15, -0.1) is 0 Å². The number of amides is 1. The molecule has 24 heavy (non-hydrogen) atoms. The van der Waals surface area contributed by atoms with Gasteiger partial charge in [0.1, 0.15) is 0 Å². The van der Waals surface area contributed by atoms with Crippen LogP contribution < -0.4 is 16.0 Å². The van der Waals surface area contributed by atoms with E-state index < -0.39 is 5.91 Å². The Balaban J connectivity index is 2.13. The normalized spacial score (nSPS) is 10.7. The summed E-state index contributed by atoms with van der Waals surface area (Å²) in [7, 11) is 1.86. The molecule has 2 aromatic rings. The van der Waals surface area contributed by atoms with Gasteiger partial charge in [-0.2, -0.15) is 0 Å². The maximum Gasteiger partial charge on any atom is 0.274 e. The predicted molar refractivity (Wildman–Crippen MR) is 95.0 cm³/mol. The van der Waals surface area contributed by atoms with Gasteiger partial charge in [-0.05, 0) is 23.6 Å². The van der Waals surface area contributed by atoms with Crippen LogP contribution in [0.15, 0.2) is 24.5 Å². The summed E-state index contributed by atoms with van der Waals surface area (Å²) in [5.41, 5.74) is 6.84. The Bertz CT molecular complexity index is 707. The van der Waals surface area contributed by atoms with Crippen molar-refractivity contribution in [1.29, 1.82) is 0 Å². The number of aromatic nitrogens is 3. The number of pyridine rings is 1. The molecule has 0 atom stereocenters. The Morgan fingerprint density at radius 2 is 2.00 bits per heavy atom. The van der Waals surface area contributed by atoms with Crippen LogP contribution in [0.5, 0.6) is 0 Å². The van der Waals surface area contributed by atoms with Gasteiger partial charge in [0, 0.05) is 32.5 Å². The highest BCUT2D eigenvalue weighted by molar-refractivity contribution is 6.32. The van der Waals surface area contributed by atoms with E-state index in [9.17, 15) is 4.79 Å². The topological polar surface area (TPSA) is 97.0 Å². The molecule has 0 aromatic carbocycles. The Kier molecular flexibility index (Phi) is 5.92. The number of nitrogens with zero attached hydrogens (tertiary/aromatic N) is 4. The van der Waals surface area contributed by atoms with Crippen molar-refractivity contribution in [2.45, 2.75) is 20.4 Å². The zero-order chi connectivity index (χ0) is 17.7. The van der Waals surface area contributed by atoms with Crippen molar-refractivity contribution >= 4 is 29.1 Å². The molecule has 1 amide bonds. The number of anilines is 2. The SMILES string of the molecule is CC(C)CN(C)c1nc(N)c(C(=O)NCc2ccncc2)nc1Cl. The molecule has 2 aromatic heterocycles. The van der Waals surface area contributed by atoms with Crippen molar-refractivity contribution < 1.29 is 4.79 Å². The minimum absolute atomic E-state index is 0.0238. The van der Waals surface area contributed by atoms with E-state index in [0.717, 1.165) is 12.1 Å². The van der Waals surface area contributed by atoms with E-state index in [4.69, 9.17) is 17.3 Å². The number of hydrogen-bond donors (Lipinski definition) is 2. The average Bonchev–Trinajstić information content (AvgIpc) is 2.54. The van der Waals surface area contributed by atoms with E-state index in [1.165, 1.54) is 0 Å². The first-order valence-corrected chi connectivity index (χ1v) is 7.97. The zero-order valence-electron chi connectivity index (χ0n) is 14.0. The second-order valence-corrected chi connectivity index (χ2v) is 6.24. The summed E-state index contributed by atoms with van der Waals surface area (Å²) in [6.07, 6.45) is 3.32. The van der Waals surface area contributed by atoms with Gasteiger partial charge in [-0.1, -0.05) is 25.4 Å². The van der Waals surface area contributed by atoms with Crippen molar-refractivity contribution in [3.8, 4) is 0 Å². The number of rotatable bonds is 6. The van der Waals surface area contributed by atoms with Crippen LogP contribution in [0.25, 0.3) is 0 Å². The molecule has 7 nitrogen and oxygen atoms in total. The molecule has 2 heterocycles. The molecular formula is C16H21ClN6O. The Morgan fingerprint density at radius 3 is 2.62 bits per heavy atom. The quantitative estimate of drug-likeness (QED) is 0.830. The highest BCUT2D eigenvalue weighted by atomic mass is 35.5. The predicted octanol–water partition coefficient (Wildman–Crippen LogP) is 2.13. The van der Waals surface area contributed by atoms with Gasteiger partial charge in [0.05, 0.1) is 0 Å². The summed E-state index contributed by atoms with van der Waals surface area (Å²) in [5, 5.41) is 2.90. The van der Waals surface area contributed by atoms with Gasteiger partial charge in [0.25, 0.3) is 5.91 Å². The molecule has 0 bridgehead atoms. The lowest BCUT2D eigenvalue weighted by Gasteiger charge is -2.21. The fourth-order valence-electron chi connectivity index (χ4n) is 2.23. The number of nitrogen functional groups attached to an aromatic ring is 1. The van der Waals surface area contributed by atoms with Crippen LogP contribution in [0.2, 0.25) is 5.15 Å². The number of carbonyl (C=O) groups excluding carboxylic acids is 1. The van der Waals surface area contributed by atoms with Crippen molar-refractivity contribution in [2.24, 2.45) is 5.92 Å². The summed E-state index contributed by atoms with van der Waals surface area (Å²) in [6, 6.07) is 3.62. The monoisotopic (exact) mass is 348 g/mol. The second kappa shape index (κ2) is 7.92. The van der Waals surface area contributed by atoms with E-state index in [-0.39, 0.29) is 16.7 Å². The van der Waals surface area contributed by atoms with Crippen LogP contribution in [0.4, 0.5) is 11.6 Å². The minimum Gasteiger partial charge on any atom is -0.382 e. The van der Waals surface area contributed by atoms with Crippen LogP contribution in [-0.4, -0.2) is 34.5 Å². The summed E-state index contributed by atoms with van der Waals surface area (Å²) in [4.78, 5) is 26.4. The molecule has 0 saturated carbocycles. The van der Waals surface area contributed by atoms with Gasteiger partial charge in [-0.25, -0.2) is 9.97 Å². The van der Waals surface area contributed by atoms with E-state index in [0.29, 0.717) is 18.3 Å². The molecule has 0 aliphatic carbocycles. The smallest absolute Gasteiger partial charge is 0.274 e. The number of halogens is 1. The average molecular weight is 349 g/mol. The molecule has 0 aliphatic rings. The van der Waals surface area contributed by atoms with E-state index in [2.05, 4.69) is 34.1 Å². The lowest BCUT2D eigenvalue weighted by atomic mass is 10.2. The standard InChI is InChI=1S/C16H21ClN6O/c1-10(2)9-23(3)15-13(17)21-12(14(18)22-15)16(24)20-8-11-4-6-19-7-5-11/h4-7,10H,8-9H2,1-3H3,(H2,18,22)(H,20,24). The third-order valence-electron chi connectivity index (χ3n) is 3.28. The van der Waals surface area contributed by atoms with Crippen LogP contribution in [-0.2, 0) is 6.54 Å². The number of nitrogens with one attached hydrogen (secondary N) is 1. The first-order chi connectivity index (χ1) is 11.4. The first-order valence-electron chi connectivity index (χ1n) is 7.59. The maximum absolute atomic E-state index is 12.3. The Hall–Kier alpha value is -2.41. The van der Waals surface area contributed by atoms with Crippen molar-refractivity contribution in [1.82, 2.24) is 20.3 Å². The van der Waals surface area contributed by atoms with Crippen LogP contribution in [0.3, 0.4) is 0 Å². The highest BCUT2D eigenvalue weighted by Crippen LogP contribution is 2.24. The van der Waals surface area contributed by atoms with Gasteiger partial charge in [-0.3, -0.25) is 9.78 Å². The third kappa shape index (κ3) is 4.55. The molecule has 0 fully saturated rings. The largest absolute Gasteiger partial charge is 0.382 e. The molecule has 0 radical (unpaired) electrons. The number of carbonyl (C=O) groups is 1. The molecule has 0 unspecified atom stereocenters. The molecule has 0 spiro atoms. The van der Waals surface area contributed by atoms with Crippen LogP contribution >= 0.6 is 11.6 Å². The minimum atomic E-state index is -0.420. The van der Waals surface area contributed by atoms with Crippen molar-refractivity contribution in [3.63, 3.8) is 0 Å². The number of hydrogen-bond acceptors (Lipinski definition) is 6. The summed E-state index contributed by atoms with van der Waals surface area (Å²) in [5.74, 6) is 0.528. The lowest BCUT2D eigenvalue weighted by molar-refractivity contribution is 0.0946. The van der Waals surface area contributed by atoms with E-state index in [1.54, 1.807) is 12.4 Å². The Morgan fingerprint density at radius 1 is 1.33 bits per heavy atom. The van der Waals surface area contributed by atoms with Gasteiger partial charge in [0.15, 0.2) is 22.5 Å².